The Morgan fingerprint density at radius 3 is 2.45 bits per heavy atom. The number of nitrogens with zero attached hydrogens (tertiary/aromatic N) is 2. The van der Waals surface area contributed by atoms with Gasteiger partial charge in [0.25, 0.3) is 0 Å². The van der Waals surface area contributed by atoms with Gasteiger partial charge in [0.2, 0.25) is 5.91 Å². The van der Waals surface area contributed by atoms with Gasteiger partial charge in [0.15, 0.2) is 23.4 Å². The summed E-state index contributed by atoms with van der Waals surface area (Å²) in [5.41, 5.74) is -0.423. The highest BCUT2D eigenvalue weighted by Crippen LogP contribution is 2.19. The first-order chi connectivity index (χ1) is 14.3. The summed E-state index contributed by atoms with van der Waals surface area (Å²) in [5.74, 6) is -4.06. The normalized spacial score (nSPS) is 15.9. The number of aliphatic imine (C=N–C) groups is 1. The van der Waals surface area contributed by atoms with E-state index in [1.807, 2.05) is 0 Å². The van der Waals surface area contributed by atoms with Gasteiger partial charge in [-0.05, 0) is 24.5 Å². The summed E-state index contributed by atoms with van der Waals surface area (Å²) in [7, 11) is 1.58. The van der Waals surface area contributed by atoms with E-state index in [2.05, 4.69) is 39.7 Å². The summed E-state index contributed by atoms with van der Waals surface area (Å²) in [5, 5.41) is 8.26. The molecule has 11 heteroatoms. The Labute approximate surface area is 198 Å². The molecule has 1 unspecified atom stereocenters. The molecule has 1 amide bonds. The van der Waals surface area contributed by atoms with Crippen LogP contribution in [0.1, 0.15) is 20.3 Å². The molecule has 176 valence electrons. The van der Waals surface area contributed by atoms with Crippen LogP contribution in [-0.4, -0.2) is 69.2 Å². The van der Waals surface area contributed by atoms with Crippen LogP contribution in [0.25, 0.3) is 0 Å². The Morgan fingerprint density at radius 1 is 1.16 bits per heavy atom. The predicted octanol–water partition coefficient (Wildman–Crippen LogP) is 2.57. The average Bonchev–Trinajstić information content (AvgIpc) is 2.73. The van der Waals surface area contributed by atoms with Crippen molar-refractivity contribution < 1.29 is 22.7 Å². The van der Waals surface area contributed by atoms with Gasteiger partial charge >= 0.3 is 0 Å². The smallest absolute Gasteiger partial charge is 0.243 e. The molecule has 3 N–H and O–H groups in total. The number of nitrogens with one attached hydrogen (secondary N) is 3. The first kappa shape index (κ1) is 27.4. The maximum Gasteiger partial charge on any atom is 0.243 e. The molecule has 0 radical (unpaired) electrons. The Hall–Kier alpha value is -1.60. The van der Waals surface area contributed by atoms with E-state index in [0.717, 1.165) is 31.6 Å². The molecule has 7 nitrogen and oxygen atoms in total. The lowest BCUT2D eigenvalue weighted by atomic mass is 10.0. The molecule has 1 fully saturated rings. The topological polar surface area (TPSA) is 78.0 Å². The highest BCUT2D eigenvalue weighted by Gasteiger charge is 2.22. The molecule has 1 heterocycles. The van der Waals surface area contributed by atoms with Crippen LogP contribution in [0.2, 0.25) is 0 Å². The number of guanidine groups is 1. The summed E-state index contributed by atoms with van der Waals surface area (Å²) in [6, 6.07) is 2.01. The van der Waals surface area contributed by atoms with Crippen molar-refractivity contribution >= 4 is 41.5 Å². The van der Waals surface area contributed by atoms with E-state index in [1.165, 1.54) is 0 Å². The second kappa shape index (κ2) is 13.7. The largest absolute Gasteiger partial charge is 0.379 e. The minimum absolute atomic E-state index is 0. The fourth-order valence-corrected chi connectivity index (χ4v) is 3.26. The maximum atomic E-state index is 13.7. The zero-order valence-electron chi connectivity index (χ0n) is 18.0. The number of hydrogen-bond acceptors (Lipinski definition) is 4. The fourth-order valence-electron chi connectivity index (χ4n) is 3.26. The Balaban J connectivity index is 0.00000480. The minimum atomic E-state index is -1.63. The van der Waals surface area contributed by atoms with E-state index in [4.69, 9.17) is 4.74 Å². The van der Waals surface area contributed by atoms with E-state index < -0.39 is 29.0 Å². The monoisotopic (exact) mass is 557 g/mol. The van der Waals surface area contributed by atoms with Crippen molar-refractivity contribution in [2.24, 2.45) is 10.9 Å². The first-order valence-electron chi connectivity index (χ1n) is 10.0. The molecule has 1 saturated heterocycles. The summed E-state index contributed by atoms with van der Waals surface area (Å²) < 4.78 is 45.4. The number of rotatable bonds is 8. The van der Waals surface area contributed by atoms with E-state index in [9.17, 15) is 18.0 Å². The van der Waals surface area contributed by atoms with Crippen molar-refractivity contribution in [3.63, 3.8) is 0 Å². The predicted molar refractivity (Wildman–Crippen MR) is 125 cm³/mol. The lowest BCUT2D eigenvalue weighted by Gasteiger charge is -2.35. The average molecular weight is 557 g/mol. The molecule has 1 aromatic carbocycles. The summed E-state index contributed by atoms with van der Waals surface area (Å²) in [6.07, 6.45) is 1.000. The molecule has 0 aliphatic carbocycles. The quantitative estimate of drug-likeness (QED) is 0.198. The van der Waals surface area contributed by atoms with E-state index in [0.29, 0.717) is 31.6 Å². The van der Waals surface area contributed by atoms with Crippen LogP contribution in [0.3, 0.4) is 0 Å². The number of hydrogen-bond donors (Lipinski definition) is 3. The summed E-state index contributed by atoms with van der Waals surface area (Å²) in [4.78, 5) is 18.5. The molecule has 1 aliphatic heterocycles. The van der Waals surface area contributed by atoms with Crippen molar-refractivity contribution in [3.05, 3.63) is 29.6 Å². The number of carbonyl (C=O) groups excluding carboxylic acids is 1. The SMILES string of the molecule is CN=C(NCC(=O)Nc1ccc(F)c(F)c1F)NCC(CC(C)C)N1CCOCC1.I. The number of halogens is 4. The highest BCUT2D eigenvalue weighted by molar-refractivity contribution is 14.0. The molecule has 0 aromatic heterocycles. The number of carbonyl (C=O) groups is 1. The van der Waals surface area contributed by atoms with Gasteiger partial charge in [-0.15, -0.1) is 24.0 Å². The third-order valence-corrected chi connectivity index (χ3v) is 4.76. The highest BCUT2D eigenvalue weighted by atomic mass is 127. The van der Waals surface area contributed by atoms with Gasteiger partial charge in [0, 0.05) is 32.7 Å². The molecule has 0 bridgehead atoms. The summed E-state index contributed by atoms with van der Waals surface area (Å²) >= 11 is 0. The van der Waals surface area contributed by atoms with Gasteiger partial charge in [-0.25, -0.2) is 13.2 Å². The lowest BCUT2D eigenvalue weighted by Crippen LogP contribution is -2.51. The van der Waals surface area contributed by atoms with Crippen LogP contribution >= 0.6 is 24.0 Å². The number of ether oxygens (including phenoxy) is 1. The molecule has 1 atom stereocenters. The second-order valence-corrected chi connectivity index (χ2v) is 7.51. The van der Waals surface area contributed by atoms with Gasteiger partial charge in [-0.3, -0.25) is 14.7 Å². The molecule has 0 spiro atoms. The molecule has 2 rings (SSSR count). The third kappa shape index (κ3) is 8.81. The molecular weight excluding hydrogens is 526 g/mol. The first-order valence-corrected chi connectivity index (χ1v) is 10.0. The standard InChI is InChI=1S/C20H30F3N5O2.HI/c1-13(2)10-14(28-6-8-30-9-7-28)11-25-20(24-3)26-12-17(29)27-16-5-4-15(21)18(22)19(16)23;/h4-5,13-14H,6-12H2,1-3H3,(H,27,29)(H2,24,25,26);1H. The fraction of sp³-hybridized carbons (Fsp3) is 0.600. The van der Waals surface area contributed by atoms with Gasteiger partial charge in [0.1, 0.15) is 0 Å². The zero-order chi connectivity index (χ0) is 22.1. The molecule has 1 aromatic rings. The lowest BCUT2D eigenvalue weighted by molar-refractivity contribution is -0.115. The molecular formula is C20H31F3IN5O2. The number of amides is 1. The van der Waals surface area contributed by atoms with E-state index >= 15 is 0 Å². The Morgan fingerprint density at radius 2 is 1.84 bits per heavy atom. The number of anilines is 1. The van der Waals surface area contributed by atoms with Crippen molar-refractivity contribution in [2.75, 3.05) is 51.8 Å². The van der Waals surface area contributed by atoms with Gasteiger partial charge in [-0.1, -0.05) is 13.8 Å². The van der Waals surface area contributed by atoms with Crippen LogP contribution in [0.5, 0.6) is 0 Å². The van der Waals surface area contributed by atoms with Crippen molar-refractivity contribution in [2.45, 2.75) is 26.3 Å². The maximum absolute atomic E-state index is 13.7. The van der Waals surface area contributed by atoms with Crippen LogP contribution in [0.15, 0.2) is 17.1 Å². The molecule has 1 aliphatic rings. The van der Waals surface area contributed by atoms with Crippen LogP contribution in [0, 0.1) is 23.4 Å². The van der Waals surface area contributed by atoms with Crippen molar-refractivity contribution in [3.8, 4) is 0 Å². The minimum Gasteiger partial charge on any atom is -0.379 e. The zero-order valence-corrected chi connectivity index (χ0v) is 20.3. The Kier molecular flexibility index (Phi) is 12.2. The van der Waals surface area contributed by atoms with Crippen LogP contribution in [-0.2, 0) is 9.53 Å². The number of morpholine rings is 1. The van der Waals surface area contributed by atoms with Gasteiger partial charge < -0.3 is 20.7 Å². The molecule has 0 saturated carbocycles. The van der Waals surface area contributed by atoms with E-state index in [1.54, 1.807) is 7.05 Å². The van der Waals surface area contributed by atoms with Gasteiger partial charge in [-0.2, -0.15) is 0 Å². The number of benzene rings is 1. The summed E-state index contributed by atoms with van der Waals surface area (Å²) in [6.45, 7) is 7.91. The van der Waals surface area contributed by atoms with E-state index in [-0.39, 0.29) is 36.6 Å². The third-order valence-electron chi connectivity index (χ3n) is 4.76. The van der Waals surface area contributed by atoms with Gasteiger partial charge in [0.05, 0.1) is 25.4 Å². The second-order valence-electron chi connectivity index (χ2n) is 7.51. The van der Waals surface area contributed by atoms with Crippen LogP contribution in [0.4, 0.5) is 18.9 Å². The molecule has 31 heavy (non-hydrogen) atoms. The van der Waals surface area contributed by atoms with Crippen molar-refractivity contribution in [1.82, 2.24) is 15.5 Å². The Bertz CT molecular complexity index is 746. The van der Waals surface area contributed by atoms with Crippen LogP contribution < -0.4 is 16.0 Å². The van der Waals surface area contributed by atoms with Crippen molar-refractivity contribution in [1.29, 1.82) is 0 Å².